The molecule has 0 saturated heterocycles. The Morgan fingerprint density at radius 2 is 0.524 bits per heavy atom. The maximum absolute atomic E-state index is 15.0. The number of carbonyl (C=O) groups is 1. The number of hydrogen-bond acceptors (Lipinski definition) is 1. The van der Waals surface area contributed by atoms with Gasteiger partial charge in [0, 0.05) is 0 Å². The minimum atomic E-state index is -2.97. The number of benzene rings is 6. The summed E-state index contributed by atoms with van der Waals surface area (Å²) in [6.07, 6.45) is 0. The standard InChI is InChI=1S/2C18H15P.CIO.Rh/c2*1-4-10-16(11-5-1)19(17-12-6-2-7-13-17)18-14-8-3-9-15-18;2-1-3;/h2*1-15H;;/q;;;-2/p+2. The number of carbonyl (C=O) groups excluding carboxylic acids is 1. The molecule has 0 aromatic heterocycles. The van der Waals surface area contributed by atoms with Crippen LogP contribution < -0.4 is 31.8 Å². The molecule has 1 nitrogen and oxygen atoms in total. The Kier molecular flexibility index (Phi) is 9.23. The van der Waals surface area contributed by atoms with Gasteiger partial charge >= 0.3 is 270 Å². The summed E-state index contributed by atoms with van der Waals surface area (Å²) < 4.78 is 0.337. The van der Waals surface area contributed by atoms with Crippen LogP contribution >= 0.6 is 33.8 Å². The van der Waals surface area contributed by atoms with E-state index in [1.165, 1.54) is 31.8 Å². The Balaban J connectivity index is 1.88. The monoisotopic (exact) mass is 784 g/mol. The second-order valence-corrected chi connectivity index (χ2v) is 33.6. The summed E-state index contributed by atoms with van der Waals surface area (Å²) in [6, 6.07) is 66.0. The van der Waals surface area contributed by atoms with Crippen LogP contribution in [0.15, 0.2) is 182 Å². The summed E-state index contributed by atoms with van der Waals surface area (Å²) in [5, 5.41) is 7.83. The molecule has 0 fully saturated rings. The predicted molar refractivity (Wildman–Crippen MR) is 193 cm³/mol. The molecule has 0 aliphatic heterocycles. The van der Waals surface area contributed by atoms with Crippen molar-refractivity contribution in [3.8, 4) is 0 Å². The van der Waals surface area contributed by atoms with Gasteiger partial charge in [-0.05, 0) is 0 Å². The van der Waals surface area contributed by atoms with Gasteiger partial charge in [0.25, 0.3) is 0 Å². The van der Waals surface area contributed by atoms with E-state index in [0.29, 0.717) is 2.38 Å². The molecule has 6 aromatic carbocycles. The quantitative estimate of drug-likeness (QED) is 0.0646. The van der Waals surface area contributed by atoms with Crippen molar-refractivity contribution >= 4 is 68.0 Å². The molecule has 5 heteroatoms. The van der Waals surface area contributed by atoms with Gasteiger partial charge in [-0.25, -0.2) is 0 Å². The second kappa shape index (κ2) is 13.2. The van der Waals surface area contributed by atoms with Crippen molar-refractivity contribution in [2.75, 3.05) is 0 Å². The van der Waals surface area contributed by atoms with Gasteiger partial charge in [-0.1, -0.05) is 0 Å². The number of halogens is 1. The summed E-state index contributed by atoms with van der Waals surface area (Å²) in [5.74, 6) is 0. The molecule has 0 amide bonds. The van der Waals surface area contributed by atoms with Crippen LogP contribution in [-0.2, 0) is 15.0 Å². The summed E-state index contributed by atoms with van der Waals surface area (Å²) in [7, 11) is 0. The molecule has 0 saturated carbocycles. The fourth-order valence-corrected chi connectivity index (χ4v) is 59.2. The van der Waals surface area contributed by atoms with Crippen LogP contribution in [0, 0.1) is 0 Å². The molecule has 0 atom stereocenters. The van der Waals surface area contributed by atoms with Crippen LogP contribution in [0.5, 0.6) is 0 Å². The van der Waals surface area contributed by atoms with Crippen molar-refractivity contribution in [3.05, 3.63) is 182 Å². The van der Waals surface area contributed by atoms with E-state index in [-0.39, 0.29) is 0 Å². The van der Waals surface area contributed by atoms with E-state index in [1.807, 2.05) is 0 Å². The molecular formula is C37H32IOP2Rh. The Morgan fingerprint density at radius 1 is 0.357 bits per heavy atom. The van der Waals surface area contributed by atoms with Gasteiger partial charge in [0.1, 0.15) is 0 Å². The molecule has 0 N–H and O–H groups in total. The van der Waals surface area contributed by atoms with E-state index in [2.05, 4.69) is 205 Å². The molecule has 0 bridgehead atoms. The van der Waals surface area contributed by atoms with E-state index in [4.69, 9.17) is 0 Å². The normalized spacial score (nSPS) is 12.7. The van der Waals surface area contributed by atoms with E-state index < -0.39 is 26.2 Å². The average molecular weight is 784 g/mol. The Labute approximate surface area is 267 Å². The summed E-state index contributed by atoms with van der Waals surface area (Å²) in [6.45, 7) is 0. The van der Waals surface area contributed by atoms with Crippen LogP contribution in [-0.4, -0.2) is 2.38 Å². The third-order valence-corrected chi connectivity index (χ3v) is 48.5. The van der Waals surface area contributed by atoms with E-state index in [0.717, 1.165) is 0 Å². The molecular weight excluding hydrogens is 752 g/mol. The van der Waals surface area contributed by atoms with Gasteiger partial charge < -0.3 is 0 Å². The van der Waals surface area contributed by atoms with E-state index >= 15 is 0 Å². The Morgan fingerprint density at radius 3 is 0.667 bits per heavy atom. The Hall–Kier alpha value is -2.80. The molecule has 0 aliphatic carbocycles. The molecule has 0 aliphatic rings. The summed E-state index contributed by atoms with van der Waals surface area (Å²) in [5.41, 5.74) is -5.93. The van der Waals surface area contributed by atoms with Gasteiger partial charge in [0.05, 0.1) is 0 Å². The van der Waals surface area contributed by atoms with Crippen LogP contribution in [0.3, 0.4) is 0 Å². The van der Waals surface area contributed by atoms with Crippen LogP contribution in [0.2, 0.25) is 0 Å². The molecule has 0 radical (unpaired) electrons. The fraction of sp³-hybridized carbons (Fsp3) is 0. The van der Waals surface area contributed by atoms with Crippen LogP contribution in [0.25, 0.3) is 0 Å². The van der Waals surface area contributed by atoms with Crippen molar-refractivity contribution in [2.45, 2.75) is 0 Å². The third-order valence-electron chi connectivity index (χ3n) is 7.58. The molecule has 0 spiro atoms. The minimum absolute atomic E-state index is 0.337. The first-order valence-corrected chi connectivity index (χ1v) is 24.3. The summed E-state index contributed by atoms with van der Waals surface area (Å²) in [4.78, 5) is 15.0. The van der Waals surface area contributed by atoms with Crippen molar-refractivity contribution in [3.63, 3.8) is 0 Å². The molecule has 6 rings (SSSR count). The van der Waals surface area contributed by atoms with Gasteiger partial charge in [-0.3, -0.25) is 0 Å². The molecule has 0 heterocycles. The summed E-state index contributed by atoms with van der Waals surface area (Å²) >= 11 is -0.195. The van der Waals surface area contributed by atoms with Gasteiger partial charge in [-0.2, -0.15) is 0 Å². The van der Waals surface area contributed by atoms with Crippen molar-refractivity contribution in [1.29, 1.82) is 0 Å². The SMILES string of the molecule is O=[C](I)[Rh]([PH](c1ccccc1)(c1ccccc1)c1ccccc1)[PH](c1ccccc1)(c1ccccc1)c1ccccc1. The first kappa shape index (κ1) is 29.3. The zero-order chi connectivity index (χ0) is 28.8. The third kappa shape index (κ3) is 5.16. The number of rotatable bonds is 9. The molecule has 212 valence electrons. The fourth-order valence-electron chi connectivity index (χ4n) is 5.92. The molecule has 6 aromatic rings. The second-order valence-electron chi connectivity index (χ2n) is 9.90. The topological polar surface area (TPSA) is 17.1 Å². The van der Waals surface area contributed by atoms with E-state index in [1.54, 1.807) is 0 Å². The van der Waals surface area contributed by atoms with E-state index in [9.17, 15) is 4.79 Å². The zero-order valence-electron chi connectivity index (χ0n) is 22.9. The predicted octanol–water partition coefficient (Wildman–Crippen LogP) is 7.44. The molecule has 42 heavy (non-hydrogen) atoms. The van der Waals surface area contributed by atoms with Crippen LogP contribution in [0.1, 0.15) is 0 Å². The zero-order valence-corrected chi connectivity index (χ0v) is 28.7. The van der Waals surface area contributed by atoms with Crippen molar-refractivity contribution < 1.29 is 19.8 Å². The molecule has 0 unspecified atom stereocenters. The first-order valence-electron chi connectivity index (χ1n) is 13.9. The van der Waals surface area contributed by atoms with Gasteiger partial charge in [-0.15, -0.1) is 0 Å². The maximum atomic E-state index is 15.0. The van der Waals surface area contributed by atoms with Crippen molar-refractivity contribution in [1.82, 2.24) is 0 Å². The average Bonchev–Trinajstić information content (AvgIpc) is 3.07. The Bertz CT molecular complexity index is 1420. The van der Waals surface area contributed by atoms with Crippen molar-refractivity contribution in [2.24, 2.45) is 0 Å². The van der Waals surface area contributed by atoms with Gasteiger partial charge in [0.2, 0.25) is 0 Å². The van der Waals surface area contributed by atoms with Crippen LogP contribution in [0.4, 0.5) is 4.79 Å². The first-order chi connectivity index (χ1) is 20.7. The number of hydrogen-bond donors (Lipinski definition) is 0. The van der Waals surface area contributed by atoms with Gasteiger partial charge in [0.15, 0.2) is 0 Å².